The minimum atomic E-state index is -0.829. The van der Waals surface area contributed by atoms with Crippen LogP contribution in [-0.4, -0.2) is 25.0 Å². The van der Waals surface area contributed by atoms with Crippen LogP contribution in [0, 0.1) is 15.9 Å². The van der Waals surface area contributed by atoms with Gasteiger partial charge in [-0.15, -0.1) is 4.63 Å². The van der Waals surface area contributed by atoms with Crippen molar-refractivity contribution in [3.05, 3.63) is 55.8 Å². The molecule has 122 valence electrons. The quantitative estimate of drug-likeness (QED) is 0.520. The van der Waals surface area contributed by atoms with Gasteiger partial charge in [-0.3, -0.25) is 4.52 Å². The largest absolute Gasteiger partial charge is 0.446 e. The summed E-state index contributed by atoms with van der Waals surface area (Å²) in [6, 6.07) is 3.74. The average molecular weight is 333 g/mol. The second-order valence-corrected chi connectivity index (χ2v) is 5.23. The molecule has 2 aromatic heterocycles. The van der Waals surface area contributed by atoms with Gasteiger partial charge < -0.3 is 10.1 Å². The number of benzene rings is 1. The van der Waals surface area contributed by atoms with Crippen LogP contribution in [-0.2, 0) is 6.42 Å². The van der Waals surface area contributed by atoms with E-state index in [0.717, 1.165) is 10.1 Å². The van der Waals surface area contributed by atoms with Gasteiger partial charge in [0.25, 0.3) is 5.69 Å². The third-order valence-electron chi connectivity index (χ3n) is 3.96. The van der Waals surface area contributed by atoms with Crippen molar-refractivity contribution in [2.45, 2.75) is 18.9 Å². The van der Waals surface area contributed by atoms with Crippen LogP contribution >= 0.6 is 0 Å². The molecule has 24 heavy (non-hydrogen) atoms. The molecule has 2 heterocycles. The Morgan fingerprint density at radius 1 is 1.33 bits per heavy atom. The molecular formula is C13H8FN5O5. The van der Waals surface area contributed by atoms with Gasteiger partial charge in [-0.2, -0.15) is 0 Å². The molecule has 3 aromatic rings. The predicted molar refractivity (Wildman–Crippen MR) is 73.6 cm³/mol. The topological polar surface area (TPSA) is 130 Å². The highest BCUT2D eigenvalue weighted by Gasteiger charge is 2.35. The van der Waals surface area contributed by atoms with E-state index in [4.69, 9.17) is 0 Å². The second kappa shape index (κ2) is 5.08. The normalized spacial score (nSPS) is 16.3. The zero-order valence-electron chi connectivity index (χ0n) is 11.9. The first-order chi connectivity index (χ1) is 11.6. The van der Waals surface area contributed by atoms with Gasteiger partial charge in [0.05, 0.1) is 6.04 Å². The zero-order valence-corrected chi connectivity index (χ0v) is 11.9. The fourth-order valence-corrected chi connectivity index (χ4v) is 2.95. The first-order valence-electron chi connectivity index (χ1n) is 6.90. The van der Waals surface area contributed by atoms with E-state index in [2.05, 4.69) is 24.6 Å². The van der Waals surface area contributed by atoms with Gasteiger partial charge in [-0.1, -0.05) is 11.2 Å². The minimum Gasteiger partial charge on any atom is -0.358 e. The van der Waals surface area contributed by atoms with Crippen molar-refractivity contribution in [2.75, 3.05) is 0 Å². The third kappa shape index (κ3) is 2.01. The molecule has 1 aromatic carbocycles. The average Bonchev–Trinajstić information content (AvgIpc) is 3.24. The monoisotopic (exact) mass is 333 g/mol. The summed E-state index contributed by atoms with van der Waals surface area (Å²) >= 11 is 0. The van der Waals surface area contributed by atoms with E-state index in [0.29, 0.717) is 18.4 Å². The molecule has 0 spiro atoms. The molecule has 10 nitrogen and oxygen atoms in total. The first-order valence-corrected chi connectivity index (χ1v) is 6.90. The lowest BCUT2D eigenvalue weighted by molar-refractivity contribution is -0.390. The summed E-state index contributed by atoms with van der Waals surface area (Å²) < 4.78 is 23.7. The van der Waals surface area contributed by atoms with E-state index in [9.17, 15) is 19.3 Å². The fraction of sp³-hybridized carbons (Fsp3) is 0.231. The summed E-state index contributed by atoms with van der Waals surface area (Å²) in [5.74, 6) is -2.14. The van der Waals surface area contributed by atoms with Gasteiger partial charge in [0.2, 0.25) is 5.82 Å². The Labute approximate surface area is 131 Å². The van der Waals surface area contributed by atoms with Crippen molar-refractivity contribution >= 4 is 5.82 Å². The van der Waals surface area contributed by atoms with E-state index in [1.165, 1.54) is 12.1 Å². The van der Waals surface area contributed by atoms with Gasteiger partial charge in [0, 0.05) is 0 Å². The number of fused-ring (bicyclic) bond motifs is 1. The maximum Gasteiger partial charge on any atom is 0.446 e. The van der Waals surface area contributed by atoms with Crippen molar-refractivity contribution in [3.8, 4) is 11.5 Å². The highest BCUT2D eigenvalue weighted by atomic mass is 19.1. The lowest BCUT2D eigenvalue weighted by Gasteiger charge is -2.12. The summed E-state index contributed by atoms with van der Waals surface area (Å²) in [5.41, 5.74) is 1.16. The van der Waals surface area contributed by atoms with Crippen LogP contribution in [0.3, 0.4) is 0 Å². The maximum atomic E-state index is 13.6. The molecule has 11 heteroatoms. The smallest absolute Gasteiger partial charge is 0.358 e. The Morgan fingerprint density at radius 2 is 2.17 bits per heavy atom. The summed E-state index contributed by atoms with van der Waals surface area (Å²) in [5, 5.41) is 21.2. The van der Waals surface area contributed by atoms with Crippen LogP contribution in [0.25, 0.3) is 11.5 Å². The highest BCUT2D eigenvalue weighted by Crippen LogP contribution is 2.36. The van der Waals surface area contributed by atoms with Crippen LogP contribution in [0.4, 0.5) is 10.2 Å². The van der Waals surface area contributed by atoms with Gasteiger partial charge in [0.1, 0.15) is 5.82 Å². The minimum absolute atomic E-state index is 0.185. The van der Waals surface area contributed by atoms with Crippen LogP contribution < -0.4 is 5.76 Å². The second-order valence-electron chi connectivity index (χ2n) is 5.23. The van der Waals surface area contributed by atoms with Crippen LogP contribution in [0.5, 0.6) is 0 Å². The van der Waals surface area contributed by atoms with Crippen molar-refractivity contribution in [3.63, 3.8) is 0 Å². The summed E-state index contributed by atoms with van der Waals surface area (Å²) in [4.78, 5) is 22.3. The number of aryl methyl sites for hydroxylation is 1. The Hall–Kier alpha value is -3.37. The maximum absolute atomic E-state index is 13.6. The molecular weight excluding hydrogens is 325 g/mol. The molecule has 4 rings (SSSR count). The van der Waals surface area contributed by atoms with E-state index in [-0.39, 0.29) is 11.5 Å². The van der Waals surface area contributed by atoms with E-state index >= 15 is 0 Å². The Bertz CT molecular complexity index is 1010. The van der Waals surface area contributed by atoms with Gasteiger partial charge in [0.15, 0.2) is 5.16 Å². The van der Waals surface area contributed by atoms with Crippen LogP contribution in [0.15, 0.2) is 32.1 Å². The highest BCUT2D eigenvalue weighted by molar-refractivity contribution is 5.59. The predicted octanol–water partition coefficient (Wildman–Crippen LogP) is 1.47. The number of hydrogen-bond acceptors (Lipinski definition) is 8. The van der Waals surface area contributed by atoms with Gasteiger partial charge in [-0.05, 0) is 46.2 Å². The van der Waals surface area contributed by atoms with Gasteiger partial charge in [-0.25, -0.2) is 13.8 Å². The molecule has 0 bridgehead atoms. The number of halogens is 1. The molecule has 0 N–H and O–H groups in total. The van der Waals surface area contributed by atoms with E-state index in [1.807, 2.05) is 0 Å². The Morgan fingerprint density at radius 3 is 2.96 bits per heavy atom. The number of aromatic nitrogens is 4. The SMILES string of the molecule is O=c1onc(-c2nonc2[N+](=O)[O-])n1C1CCc2ccc(F)cc21. The summed E-state index contributed by atoms with van der Waals surface area (Å²) in [6.07, 6.45) is 1.11. The Kier molecular flexibility index (Phi) is 3.01. The number of nitrogens with zero attached hydrogens (tertiary/aromatic N) is 5. The number of rotatable bonds is 3. The van der Waals surface area contributed by atoms with Crippen molar-refractivity contribution in [1.29, 1.82) is 0 Å². The Balaban J connectivity index is 1.89. The molecule has 0 radical (unpaired) electrons. The van der Waals surface area contributed by atoms with E-state index < -0.39 is 28.4 Å². The molecule has 0 saturated carbocycles. The van der Waals surface area contributed by atoms with E-state index in [1.54, 1.807) is 6.07 Å². The lowest BCUT2D eigenvalue weighted by atomic mass is 10.1. The molecule has 1 aliphatic rings. The summed E-state index contributed by atoms with van der Waals surface area (Å²) in [7, 11) is 0. The fourth-order valence-electron chi connectivity index (χ4n) is 2.95. The molecule has 1 unspecified atom stereocenters. The lowest BCUT2D eigenvalue weighted by Crippen LogP contribution is -2.21. The van der Waals surface area contributed by atoms with Crippen molar-refractivity contribution < 1.29 is 18.5 Å². The molecule has 0 fully saturated rings. The zero-order chi connectivity index (χ0) is 16.8. The molecule has 0 amide bonds. The third-order valence-corrected chi connectivity index (χ3v) is 3.96. The van der Waals surface area contributed by atoms with Crippen LogP contribution in [0.2, 0.25) is 0 Å². The molecule has 0 aliphatic heterocycles. The first kappa shape index (κ1) is 14.2. The molecule has 0 saturated heterocycles. The molecule has 1 aliphatic carbocycles. The molecule has 1 atom stereocenters. The van der Waals surface area contributed by atoms with Crippen LogP contribution in [0.1, 0.15) is 23.6 Å². The standard InChI is InChI=1S/C13H8FN5O5/c14-7-3-1-6-2-4-9(8(6)5-7)18-11(16-23-13(18)20)10-12(19(21)22)17-24-15-10/h1,3,5,9H,2,4H2. The van der Waals surface area contributed by atoms with Crippen molar-refractivity contribution in [1.82, 2.24) is 20.0 Å². The number of nitro groups is 1. The summed E-state index contributed by atoms with van der Waals surface area (Å²) in [6.45, 7) is 0. The van der Waals surface area contributed by atoms with Crippen molar-refractivity contribution in [2.24, 2.45) is 0 Å². The van der Waals surface area contributed by atoms with Gasteiger partial charge >= 0.3 is 11.6 Å². The number of hydrogen-bond donors (Lipinski definition) is 0.